The van der Waals surface area contributed by atoms with Crippen molar-refractivity contribution in [1.82, 2.24) is 0 Å². The normalized spacial score (nSPS) is 50.9. The maximum absolute atomic E-state index is 11.2. The van der Waals surface area contributed by atoms with Gasteiger partial charge in [-0.2, -0.15) is 0 Å². The van der Waals surface area contributed by atoms with Crippen LogP contribution in [-0.2, 0) is 0 Å². The van der Waals surface area contributed by atoms with Gasteiger partial charge in [-0.15, -0.1) is 0 Å². The fourth-order valence-electron chi connectivity index (χ4n) is 13.9. The van der Waals surface area contributed by atoms with Crippen LogP contribution < -0.4 is 0 Å². The molecule has 0 aliphatic heterocycles. The molecule has 0 aromatic carbocycles. The summed E-state index contributed by atoms with van der Waals surface area (Å²) in [5, 5.41) is 50.7. The molecular formula is C36H64O5. The Bertz CT molecular complexity index is 952. The Hall–Kier alpha value is -0.200. The summed E-state index contributed by atoms with van der Waals surface area (Å²) in [4.78, 5) is 0. The van der Waals surface area contributed by atoms with E-state index in [0.29, 0.717) is 39.4 Å². The van der Waals surface area contributed by atoms with Crippen LogP contribution in [-0.4, -0.2) is 56.6 Å². The van der Waals surface area contributed by atoms with Gasteiger partial charge in [0.2, 0.25) is 0 Å². The topological polar surface area (TPSA) is 101 Å². The van der Waals surface area contributed by atoms with E-state index in [2.05, 4.69) is 55.4 Å². The predicted molar refractivity (Wildman–Crippen MR) is 164 cm³/mol. The molecule has 0 aromatic heterocycles. The summed E-state index contributed by atoms with van der Waals surface area (Å²) in [5.41, 5.74) is 1.87. The molecule has 0 amide bonds. The average Bonchev–Trinajstić information content (AvgIpc) is 3.23. The van der Waals surface area contributed by atoms with Crippen LogP contribution in [0.1, 0.15) is 126 Å². The van der Waals surface area contributed by atoms with Gasteiger partial charge in [-0.25, -0.2) is 0 Å². The molecule has 11 unspecified atom stereocenters. The predicted octanol–water partition coefficient (Wildman–Crippen LogP) is 6.19. The minimum atomic E-state index is -1.45. The second kappa shape index (κ2) is 10.7. The molecule has 0 saturated heterocycles. The molecule has 0 radical (unpaired) electrons. The van der Waals surface area contributed by atoms with Gasteiger partial charge in [0.05, 0.1) is 18.8 Å². The van der Waals surface area contributed by atoms with Crippen LogP contribution in [0, 0.1) is 68.5 Å². The van der Waals surface area contributed by atoms with Crippen LogP contribution in [0.5, 0.6) is 0 Å². The molecule has 0 bridgehead atoms. The van der Waals surface area contributed by atoms with Gasteiger partial charge in [-0.1, -0.05) is 55.4 Å². The first-order valence-electron chi connectivity index (χ1n) is 17.3. The van der Waals surface area contributed by atoms with Crippen LogP contribution >= 0.6 is 0 Å². The summed E-state index contributed by atoms with van der Waals surface area (Å²) >= 11 is 0. The number of hydrogen-bond acceptors (Lipinski definition) is 5. The van der Waals surface area contributed by atoms with Gasteiger partial charge in [-0.05, 0) is 133 Å². The van der Waals surface area contributed by atoms with Crippen LogP contribution in [0.2, 0.25) is 0 Å². The van der Waals surface area contributed by atoms with Crippen molar-refractivity contribution in [2.24, 2.45) is 68.5 Å². The average molecular weight is 577 g/mol. The van der Waals surface area contributed by atoms with Crippen LogP contribution in [0.3, 0.4) is 0 Å². The summed E-state index contributed by atoms with van der Waals surface area (Å²) in [7, 11) is 0. The zero-order chi connectivity index (χ0) is 30.3. The number of hydrogen-bond donors (Lipinski definition) is 5. The van der Waals surface area contributed by atoms with Gasteiger partial charge in [0, 0.05) is 6.42 Å². The van der Waals surface area contributed by atoms with E-state index >= 15 is 0 Å². The third-order valence-corrected chi connectivity index (χ3v) is 15.6. The molecular weight excluding hydrogens is 512 g/mol. The first kappa shape index (κ1) is 32.2. The summed E-state index contributed by atoms with van der Waals surface area (Å²) in [6.45, 7) is 19.9. The molecule has 0 heterocycles. The Labute approximate surface area is 250 Å². The van der Waals surface area contributed by atoms with Gasteiger partial charge in [0.15, 0.2) is 0 Å². The van der Waals surface area contributed by atoms with E-state index in [1.165, 1.54) is 57.8 Å². The Balaban J connectivity index is 1.36. The van der Waals surface area contributed by atoms with Crippen molar-refractivity contribution < 1.29 is 25.5 Å². The van der Waals surface area contributed by atoms with Gasteiger partial charge < -0.3 is 25.5 Å². The largest absolute Gasteiger partial charge is 0.394 e. The van der Waals surface area contributed by atoms with E-state index in [9.17, 15) is 20.4 Å². The molecule has 5 aliphatic rings. The number of aliphatic hydroxyl groups is 5. The summed E-state index contributed by atoms with van der Waals surface area (Å²) in [6, 6.07) is 0. The number of rotatable bonds is 7. The number of fused-ring (bicyclic) bond motifs is 7. The molecule has 5 heteroatoms. The Morgan fingerprint density at radius 3 is 1.85 bits per heavy atom. The summed E-state index contributed by atoms with van der Waals surface area (Å²) in [5.74, 6) is 4.17. The SMILES string of the molecule is CC(C(O)C[C@@H](O)C(O)C(O)CO)C1CCC2(C)C1CCC1(C)C2CCC2[C@@]3(C)C[C@H](C)CC(C)(C)C3CC[C@]21C. The highest BCUT2D eigenvalue weighted by molar-refractivity contribution is 5.19. The molecule has 5 rings (SSSR count). The van der Waals surface area contributed by atoms with E-state index in [-0.39, 0.29) is 17.8 Å². The molecule has 41 heavy (non-hydrogen) atoms. The monoisotopic (exact) mass is 576 g/mol. The lowest BCUT2D eigenvalue weighted by Gasteiger charge is -2.73. The highest BCUT2D eigenvalue weighted by Crippen LogP contribution is 2.78. The van der Waals surface area contributed by atoms with Crippen molar-refractivity contribution in [2.45, 2.75) is 150 Å². The molecule has 5 saturated carbocycles. The van der Waals surface area contributed by atoms with Crippen molar-refractivity contribution in [2.75, 3.05) is 6.61 Å². The molecule has 5 nitrogen and oxygen atoms in total. The molecule has 0 spiro atoms. The van der Waals surface area contributed by atoms with Gasteiger partial charge >= 0.3 is 0 Å². The lowest BCUT2D eigenvalue weighted by atomic mass is 9.31. The highest BCUT2D eigenvalue weighted by atomic mass is 16.4. The van der Waals surface area contributed by atoms with Gasteiger partial charge in [-0.3, -0.25) is 0 Å². The molecule has 15 atom stereocenters. The van der Waals surface area contributed by atoms with Crippen molar-refractivity contribution in [3.8, 4) is 0 Å². The van der Waals surface area contributed by atoms with Gasteiger partial charge in [0.25, 0.3) is 0 Å². The summed E-state index contributed by atoms with van der Waals surface area (Å²) in [6.07, 6.45) is 8.28. The fourth-order valence-corrected chi connectivity index (χ4v) is 13.9. The highest BCUT2D eigenvalue weighted by Gasteiger charge is 2.70. The van der Waals surface area contributed by atoms with Crippen LogP contribution in [0.15, 0.2) is 0 Å². The van der Waals surface area contributed by atoms with E-state index in [0.717, 1.165) is 24.2 Å². The van der Waals surface area contributed by atoms with Gasteiger partial charge in [0.1, 0.15) is 12.2 Å². The quantitative estimate of drug-likeness (QED) is 0.249. The minimum absolute atomic E-state index is 0.0199. The van der Waals surface area contributed by atoms with Crippen LogP contribution in [0.25, 0.3) is 0 Å². The van der Waals surface area contributed by atoms with E-state index in [4.69, 9.17) is 5.11 Å². The molecule has 5 fully saturated rings. The lowest BCUT2D eigenvalue weighted by molar-refractivity contribution is -0.246. The van der Waals surface area contributed by atoms with E-state index in [1.54, 1.807) is 0 Å². The second-order valence-electron chi connectivity index (χ2n) is 17.9. The zero-order valence-electron chi connectivity index (χ0n) is 27.6. The van der Waals surface area contributed by atoms with E-state index < -0.39 is 31.0 Å². The van der Waals surface area contributed by atoms with E-state index in [1.807, 2.05) is 0 Å². The minimum Gasteiger partial charge on any atom is -0.394 e. The molecule has 238 valence electrons. The van der Waals surface area contributed by atoms with Crippen molar-refractivity contribution >= 4 is 0 Å². The maximum Gasteiger partial charge on any atom is 0.108 e. The van der Waals surface area contributed by atoms with Crippen molar-refractivity contribution in [3.63, 3.8) is 0 Å². The third kappa shape index (κ3) is 4.72. The first-order chi connectivity index (χ1) is 19.0. The Morgan fingerprint density at radius 2 is 1.24 bits per heavy atom. The zero-order valence-corrected chi connectivity index (χ0v) is 27.6. The molecule has 0 aromatic rings. The standard InChI is InChI=1S/C36H64O5/c1-21-18-32(3,4)28-13-16-36(8)30(34(28,6)19-21)10-9-29-33(5)14-11-23(24(33)12-15-35(29,36)7)22(2)25(38)17-26(39)31(41)27(40)20-37/h21-31,37-41H,9-20H2,1-8H3/t21-,22?,23?,24?,25?,26-,27?,28?,29?,30?,31?,33?,34+,35?,36-/m1/s1. The summed E-state index contributed by atoms with van der Waals surface area (Å²) < 4.78 is 0. The molecule has 5 aliphatic carbocycles. The number of aliphatic hydroxyl groups excluding tert-OH is 5. The maximum atomic E-state index is 11.2. The molecule has 5 N–H and O–H groups in total. The van der Waals surface area contributed by atoms with Crippen molar-refractivity contribution in [3.05, 3.63) is 0 Å². The van der Waals surface area contributed by atoms with Crippen LogP contribution in [0.4, 0.5) is 0 Å². The fraction of sp³-hybridized carbons (Fsp3) is 1.00. The third-order valence-electron chi connectivity index (χ3n) is 15.6. The Kier molecular flexibility index (Phi) is 8.41. The smallest absolute Gasteiger partial charge is 0.108 e. The second-order valence-corrected chi connectivity index (χ2v) is 17.9. The van der Waals surface area contributed by atoms with Crippen molar-refractivity contribution in [1.29, 1.82) is 0 Å². The lowest BCUT2D eigenvalue weighted by Crippen LogP contribution is -2.66. The Morgan fingerprint density at radius 1 is 0.659 bits per heavy atom. The first-order valence-corrected chi connectivity index (χ1v) is 17.3.